The minimum Gasteiger partial charge on any atom is -0.411 e. The van der Waals surface area contributed by atoms with Gasteiger partial charge in [-0.05, 0) is 58.7 Å². The molecule has 4 fully saturated rings. The molecule has 1 N–H and O–H groups in total. The summed E-state index contributed by atoms with van der Waals surface area (Å²) in [6, 6.07) is 0. The highest BCUT2D eigenvalue weighted by Gasteiger charge is 2.55. The Labute approximate surface area is 201 Å². The first-order valence-corrected chi connectivity index (χ1v) is 15.2. The van der Waals surface area contributed by atoms with Gasteiger partial charge < -0.3 is 28.5 Å². The second kappa shape index (κ2) is 9.15. The maximum Gasteiger partial charge on any atom is 0.192 e. The van der Waals surface area contributed by atoms with Crippen LogP contribution in [0.2, 0.25) is 18.1 Å². The molecule has 0 radical (unpaired) electrons. The molecule has 2 saturated carbocycles. The number of hydrogen-bond donors (Lipinski definition) is 1. The lowest BCUT2D eigenvalue weighted by Crippen LogP contribution is -2.46. The highest BCUT2D eigenvalue weighted by Crippen LogP contribution is 2.46. The monoisotopic (exact) mass is 482 g/mol. The van der Waals surface area contributed by atoms with Gasteiger partial charge in [0.1, 0.15) is 12.2 Å². The van der Waals surface area contributed by atoms with E-state index in [2.05, 4.69) is 47.0 Å². The zero-order valence-electron chi connectivity index (χ0n) is 22.1. The van der Waals surface area contributed by atoms with E-state index in [1.807, 2.05) is 39.8 Å². The summed E-state index contributed by atoms with van der Waals surface area (Å²) < 4.78 is 30.0. The van der Waals surface area contributed by atoms with Crippen LogP contribution in [0.1, 0.15) is 61.3 Å². The van der Waals surface area contributed by atoms with Gasteiger partial charge in [0.15, 0.2) is 19.9 Å². The number of rotatable bonds is 4. The van der Waals surface area contributed by atoms with Crippen molar-refractivity contribution in [1.82, 2.24) is 0 Å². The topological polar surface area (TPSA) is 66.4 Å². The second-order valence-corrected chi connectivity index (χ2v) is 17.1. The molecule has 33 heavy (non-hydrogen) atoms. The molecular formula is C26H46O6Si. The average Bonchev–Trinajstić information content (AvgIpc) is 3.33. The summed E-state index contributed by atoms with van der Waals surface area (Å²) >= 11 is 0. The highest BCUT2D eigenvalue weighted by molar-refractivity contribution is 6.74. The van der Waals surface area contributed by atoms with Gasteiger partial charge in [-0.1, -0.05) is 32.9 Å². The number of fused-ring (bicyclic) bond motifs is 2. The maximum atomic E-state index is 9.68. The Bertz CT molecular complexity index is 727. The SMILES string of the molecule is C=C[C@H]1C[C@H](O)[C@@H]2OC(C)(C)O[C@@H]21.C=C[C@H]1C[C@H](O[Si](C)(C)C(C)(C)C)[C@@H]2OC(C)(C)O[C@@H]21. The summed E-state index contributed by atoms with van der Waals surface area (Å²) in [5, 5.41) is 9.89. The van der Waals surface area contributed by atoms with E-state index >= 15 is 0 Å². The summed E-state index contributed by atoms with van der Waals surface area (Å²) in [4.78, 5) is 0. The molecule has 4 rings (SSSR count). The zero-order chi connectivity index (χ0) is 25.0. The van der Waals surface area contributed by atoms with Crippen LogP contribution in [0.5, 0.6) is 0 Å². The lowest BCUT2D eigenvalue weighted by Gasteiger charge is -2.39. The standard InChI is InChI=1S/C16H30O3Si.C10H16O3/c1-9-11-10-12(19-20(7,8)15(2,3)4)14-13(11)17-16(5,6)18-14;1-4-6-5-7(11)9-8(6)12-10(2,3)13-9/h9,11-14H,1,10H2,2-8H3;4,6-9,11H,1,5H2,2-3H3/t11-,12-,13+,14-;6-,7-,8+,9-/m00/s1. The van der Waals surface area contributed by atoms with Gasteiger partial charge in [0.05, 0.1) is 24.4 Å². The molecule has 0 aromatic heterocycles. The Morgan fingerprint density at radius 3 is 1.73 bits per heavy atom. The Morgan fingerprint density at radius 1 is 0.818 bits per heavy atom. The van der Waals surface area contributed by atoms with Crippen molar-refractivity contribution in [2.24, 2.45) is 11.8 Å². The van der Waals surface area contributed by atoms with E-state index in [1.54, 1.807) is 0 Å². The van der Waals surface area contributed by atoms with Crippen molar-refractivity contribution < 1.29 is 28.5 Å². The van der Waals surface area contributed by atoms with Crippen molar-refractivity contribution in [2.45, 2.75) is 128 Å². The predicted octanol–water partition coefficient (Wildman–Crippen LogP) is 5.18. The third kappa shape index (κ3) is 5.66. The molecule has 0 unspecified atom stereocenters. The van der Waals surface area contributed by atoms with Crippen molar-refractivity contribution in [1.29, 1.82) is 0 Å². The van der Waals surface area contributed by atoms with Crippen LogP contribution < -0.4 is 0 Å². The van der Waals surface area contributed by atoms with E-state index < -0.39 is 26.0 Å². The Kier molecular flexibility index (Phi) is 7.50. The Balaban J connectivity index is 0.000000203. The van der Waals surface area contributed by atoms with Crippen LogP contribution in [0.15, 0.2) is 25.3 Å². The van der Waals surface area contributed by atoms with Gasteiger partial charge in [0.25, 0.3) is 0 Å². The van der Waals surface area contributed by atoms with E-state index in [0.29, 0.717) is 12.3 Å². The van der Waals surface area contributed by atoms with Crippen LogP contribution in [0.3, 0.4) is 0 Å². The van der Waals surface area contributed by atoms with Crippen LogP contribution in [0.25, 0.3) is 0 Å². The van der Waals surface area contributed by atoms with Crippen LogP contribution in [0.4, 0.5) is 0 Å². The van der Waals surface area contributed by atoms with E-state index in [9.17, 15) is 5.11 Å². The van der Waals surface area contributed by atoms with Crippen molar-refractivity contribution in [2.75, 3.05) is 0 Å². The summed E-state index contributed by atoms with van der Waals surface area (Å²) in [7, 11) is -1.79. The zero-order valence-corrected chi connectivity index (χ0v) is 23.1. The van der Waals surface area contributed by atoms with E-state index in [4.69, 9.17) is 23.4 Å². The van der Waals surface area contributed by atoms with Gasteiger partial charge in [0.2, 0.25) is 0 Å². The first kappa shape index (κ1) is 27.1. The molecule has 2 aliphatic carbocycles. The third-order valence-corrected chi connectivity index (χ3v) is 12.3. The number of aliphatic hydroxyl groups is 1. The number of ether oxygens (including phenoxy) is 4. The van der Waals surface area contributed by atoms with Crippen LogP contribution in [-0.2, 0) is 23.4 Å². The molecule has 2 aliphatic heterocycles. The molecule has 0 amide bonds. The van der Waals surface area contributed by atoms with Crippen LogP contribution >= 0.6 is 0 Å². The maximum absolute atomic E-state index is 9.68. The molecular weight excluding hydrogens is 436 g/mol. The Hall–Kier alpha value is -0.543. The summed E-state index contributed by atoms with van der Waals surface area (Å²) in [6.45, 7) is 26.8. The highest BCUT2D eigenvalue weighted by atomic mass is 28.4. The van der Waals surface area contributed by atoms with Gasteiger partial charge in [-0.25, -0.2) is 0 Å². The molecule has 190 valence electrons. The minimum absolute atomic E-state index is 0.0116. The lowest BCUT2D eigenvalue weighted by atomic mass is 10.1. The summed E-state index contributed by atoms with van der Waals surface area (Å²) in [5.41, 5.74) is 0. The van der Waals surface area contributed by atoms with Crippen molar-refractivity contribution >= 4 is 8.32 Å². The Morgan fingerprint density at radius 2 is 1.24 bits per heavy atom. The van der Waals surface area contributed by atoms with Gasteiger partial charge in [0, 0.05) is 11.8 Å². The molecule has 0 spiro atoms. The molecule has 8 atom stereocenters. The molecule has 0 bridgehead atoms. The van der Waals surface area contributed by atoms with Gasteiger partial charge in [-0.2, -0.15) is 0 Å². The smallest absolute Gasteiger partial charge is 0.192 e. The van der Waals surface area contributed by atoms with Gasteiger partial charge >= 0.3 is 0 Å². The van der Waals surface area contributed by atoms with Crippen LogP contribution in [0, 0.1) is 11.8 Å². The van der Waals surface area contributed by atoms with Crippen molar-refractivity contribution in [3.05, 3.63) is 25.3 Å². The first-order valence-electron chi connectivity index (χ1n) is 12.3. The molecule has 7 heteroatoms. The molecule has 2 heterocycles. The minimum atomic E-state index is -1.79. The van der Waals surface area contributed by atoms with E-state index in [-0.39, 0.29) is 41.5 Å². The fourth-order valence-electron chi connectivity index (χ4n) is 5.10. The van der Waals surface area contributed by atoms with E-state index in [0.717, 1.165) is 6.42 Å². The lowest BCUT2D eigenvalue weighted by molar-refractivity contribution is -0.164. The molecule has 0 aromatic rings. The normalized spacial score (nSPS) is 41.2. The fourth-order valence-corrected chi connectivity index (χ4v) is 6.44. The molecule has 2 saturated heterocycles. The van der Waals surface area contributed by atoms with E-state index in [1.165, 1.54) is 0 Å². The summed E-state index contributed by atoms with van der Waals surface area (Å²) in [5.74, 6) is -0.511. The van der Waals surface area contributed by atoms with Gasteiger partial charge in [-0.3, -0.25) is 0 Å². The van der Waals surface area contributed by atoms with Crippen LogP contribution in [-0.4, -0.2) is 61.6 Å². The quantitative estimate of drug-likeness (QED) is 0.440. The summed E-state index contributed by atoms with van der Waals surface area (Å²) in [6.07, 6.45) is 5.19. The second-order valence-electron chi connectivity index (χ2n) is 12.4. The predicted molar refractivity (Wildman–Crippen MR) is 132 cm³/mol. The third-order valence-electron chi connectivity index (χ3n) is 7.79. The van der Waals surface area contributed by atoms with Crippen molar-refractivity contribution in [3.63, 3.8) is 0 Å². The first-order chi connectivity index (χ1) is 15.0. The largest absolute Gasteiger partial charge is 0.411 e. The number of hydrogen-bond acceptors (Lipinski definition) is 6. The van der Waals surface area contributed by atoms with Gasteiger partial charge in [-0.15, -0.1) is 13.2 Å². The van der Waals surface area contributed by atoms with Crippen molar-refractivity contribution in [3.8, 4) is 0 Å². The molecule has 6 nitrogen and oxygen atoms in total. The number of aliphatic hydroxyl groups excluding tert-OH is 1. The molecule has 4 aliphatic rings. The molecule has 0 aromatic carbocycles. The fraction of sp³-hybridized carbons (Fsp3) is 0.846. The average molecular weight is 483 g/mol.